The van der Waals surface area contributed by atoms with Gasteiger partial charge < -0.3 is 15.5 Å². The molecule has 0 bridgehead atoms. The number of nitrogens with one attached hydrogen (secondary N) is 1. The van der Waals surface area contributed by atoms with Crippen LogP contribution in [-0.2, 0) is 4.79 Å². The van der Waals surface area contributed by atoms with E-state index in [-0.39, 0.29) is 6.42 Å². The summed E-state index contributed by atoms with van der Waals surface area (Å²) in [6.07, 6.45) is 5.97. The molecule has 4 nitrogen and oxygen atoms in total. The Bertz CT molecular complexity index is 238. The van der Waals surface area contributed by atoms with Crippen molar-refractivity contribution in [2.24, 2.45) is 0 Å². The summed E-state index contributed by atoms with van der Waals surface area (Å²) in [5.41, 5.74) is 1.48. The van der Waals surface area contributed by atoms with Crippen LogP contribution in [0.4, 0.5) is 0 Å². The summed E-state index contributed by atoms with van der Waals surface area (Å²) >= 11 is 0. The van der Waals surface area contributed by atoms with Gasteiger partial charge in [-0.1, -0.05) is 11.6 Å². The van der Waals surface area contributed by atoms with Gasteiger partial charge in [-0.2, -0.15) is 0 Å². The molecule has 0 aromatic rings. The van der Waals surface area contributed by atoms with Crippen LogP contribution in [0.25, 0.3) is 0 Å². The van der Waals surface area contributed by atoms with Crippen LogP contribution in [0.5, 0.6) is 0 Å². The lowest BCUT2D eigenvalue weighted by Gasteiger charge is -2.09. The molecule has 0 amide bonds. The lowest BCUT2D eigenvalue weighted by Crippen LogP contribution is -2.29. The van der Waals surface area contributed by atoms with Crippen molar-refractivity contribution < 1.29 is 15.0 Å². The second kappa shape index (κ2) is 6.58. The molecule has 0 aromatic carbocycles. The molecule has 1 aliphatic rings. The molecule has 1 unspecified atom stereocenters. The monoisotopic (exact) mass is 213 g/mol. The van der Waals surface area contributed by atoms with Crippen LogP contribution in [-0.4, -0.2) is 35.4 Å². The predicted molar refractivity (Wildman–Crippen MR) is 57.7 cm³/mol. The Morgan fingerprint density at radius 3 is 3.00 bits per heavy atom. The SMILES string of the molecule is O=C(O)CC(O)CNCCC1=CCCC1. The van der Waals surface area contributed by atoms with E-state index in [0.717, 1.165) is 13.0 Å². The summed E-state index contributed by atoms with van der Waals surface area (Å²) in [6.45, 7) is 1.18. The van der Waals surface area contributed by atoms with E-state index in [1.807, 2.05) is 0 Å². The van der Waals surface area contributed by atoms with Gasteiger partial charge in [0.15, 0.2) is 0 Å². The summed E-state index contributed by atoms with van der Waals surface area (Å²) in [4.78, 5) is 10.3. The zero-order valence-electron chi connectivity index (χ0n) is 8.91. The molecule has 0 heterocycles. The Kier molecular flexibility index (Phi) is 5.36. The van der Waals surface area contributed by atoms with Gasteiger partial charge in [-0.25, -0.2) is 0 Å². The van der Waals surface area contributed by atoms with Gasteiger partial charge in [-0.15, -0.1) is 0 Å². The minimum atomic E-state index is -0.956. The normalized spacial score (nSPS) is 17.5. The Hall–Kier alpha value is -0.870. The highest BCUT2D eigenvalue weighted by molar-refractivity contribution is 5.67. The van der Waals surface area contributed by atoms with Crippen LogP contribution in [0.2, 0.25) is 0 Å². The summed E-state index contributed by atoms with van der Waals surface area (Å²) in [7, 11) is 0. The van der Waals surface area contributed by atoms with Crippen molar-refractivity contribution in [3.05, 3.63) is 11.6 Å². The minimum absolute atomic E-state index is 0.185. The van der Waals surface area contributed by atoms with E-state index in [2.05, 4.69) is 11.4 Å². The molecule has 4 heteroatoms. The van der Waals surface area contributed by atoms with E-state index in [9.17, 15) is 9.90 Å². The maximum absolute atomic E-state index is 10.3. The number of hydrogen-bond acceptors (Lipinski definition) is 3. The first-order chi connectivity index (χ1) is 7.18. The van der Waals surface area contributed by atoms with Crippen molar-refractivity contribution in [3.63, 3.8) is 0 Å². The molecule has 0 spiro atoms. The van der Waals surface area contributed by atoms with Crippen molar-refractivity contribution in [3.8, 4) is 0 Å². The highest BCUT2D eigenvalue weighted by Crippen LogP contribution is 2.19. The molecular formula is C11H19NO3. The summed E-state index contributed by atoms with van der Waals surface area (Å²) < 4.78 is 0. The molecule has 0 aliphatic heterocycles. The molecule has 0 saturated carbocycles. The number of carboxylic acid groups (broad SMARTS) is 1. The standard InChI is InChI=1S/C11H19NO3/c13-10(7-11(14)15)8-12-6-5-9-3-1-2-4-9/h3,10,12-13H,1-2,4-8H2,(H,14,15). The number of aliphatic hydroxyl groups excluding tert-OH is 1. The largest absolute Gasteiger partial charge is 0.481 e. The van der Waals surface area contributed by atoms with Crippen molar-refractivity contribution in [1.82, 2.24) is 5.32 Å². The number of rotatable bonds is 7. The number of hydrogen-bond donors (Lipinski definition) is 3. The first-order valence-corrected chi connectivity index (χ1v) is 5.47. The van der Waals surface area contributed by atoms with Crippen LogP contribution >= 0.6 is 0 Å². The molecule has 0 aromatic heterocycles. The third-order valence-corrected chi connectivity index (χ3v) is 2.55. The molecule has 86 valence electrons. The summed E-state index contributed by atoms with van der Waals surface area (Å²) in [5.74, 6) is -0.956. The molecule has 3 N–H and O–H groups in total. The third-order valence-electron chi connectivity index (χ3n) is 2.55. The van der Waals surface area contributed by atoms with E-state index in [0.29, 0.717) is 6.54 Å². The Morgan fingerprint density at radius 1 is 1.60 bits per heavy atom. The number of allylic oxidation sites excluding steroid dienone is 1. The van der Waals surface area contributed by atoms with Crippen molar-refractivity contribution in [2.45, 2.75) is 38.2 Å². The molecule has 1 atom stereocenters. The molecule has 0 saturated heterocycles. The third kappa shape index (κ3) is 5.54. The average molecular weight is 213 g/mol. The van der Waals surface area contributed by atoms with Crippen LogP contribution in [0.3, 0.4) is 0 Å². The number of carbonyl (C=O) groups is 1. The van der Waals surface area contributed by atoms with E-state index >= 15 is 0 Å². The smallest absolute Gasteiger partial charge is 0.306 e. The fourth-order valence-electron chi connectivity index (χ4n) is 1.76. The highest BCUT2D eigenvalue weighted by Gasteiger charge is 2.09. The molecule has 0 fully saturated rings. The van der Waals surface area contributed by atoms with Gasteiger partial charge in [-0.05, 0) is 32.2 Å². The Morgan fingerprint density at radius 2 is 2.40 bits per heavy atom. The Labute approximate surface area is 90.0 Å². The number of aliphatic carboxylic acids is 1. The van der Waals surface area contributed by atoms with E-state index in [4.69, 9.17) is 5.11 Å². The van der Waals surface area contributed by atoms with Crippen LogP contribution in [0.15, 0.2) is 11.6 Å². The fraction of sp³-hybridized carbons (Fsp3) is 0.727. The average Bonchev–Trinajstić information content (AvgIpc) is 2.63. The van der Waals surface area contributed by atoms with Gasteiger partial charge in [0.1, 0.15) is 0 Å². The molecule has 1 aliphatic carbocycles. The van der Waals surface area contributed by atoms with Gasteiger partial charge in [-0.3, -0.25) is 4.79 Å². The van der Waals surface area contributed by atoms with Gasteiger partial charge >= 0.3 is 5.97 Å². The second-order valence-electron chi connectivity index (χ2n) is 3.96. The molecular weight excluding hydrogens is 194 g/mol. The summed E-state index contributed by atoms with van der Waals surface area (Å²) in [5, 5.41) is 20.7. The van der Waals surface area contributed by atoms with E-state index < -0.39 is 12.1 Å². The van der Waals surface area contributed by atoms with E-state index in [1.165, 1.54) is 24.8 Å². The highest BCUT2D eigenvalue weighted by atomic mass is 16.4. The maximum atomic E-state index is 10.3. The quantitative estimate of drug-likeness (QED) is 0.434. The molecule has 1 rings (SSSR count). The van der Waals surface area contributed by atoms with Gasteiger partial charge in [0.05, 0.1) is 12.5 Å². The second-order valence-corrected chi connectivity index (χ2v) is 3.96. The minimum Gasteiger partial charge on any atom is -0.481 e. The van der Waals surface area contributed by atoms with Crippen LogP contribution in [0.1, 0.15) is 32.1 Å². The lowest BCUT2D eigenvalue weighted by atomic mass is 10.1. The zero-order valence-corrected chi connectivity index (χ0v) is 8.91. The first-order valence-electron chi connectivity index (χ1n) is 5.47. The van der Waals surface area contributed by atoms with Gasteiger partial charge in [0, 0.05) is 6.54 Å². The fourth-order valence-corrected chi connectivity index (χ4v) is 1.76. The maximum Gasteiger partial charge on any atom is 0.306 e. The van der Waals surface area contributed by atoms with Crippen LogP contribution < -0.4 is 5.32 Å². The van der Waals surface area contributed by atoms with Gasteiger partial charge in [0.2, 0.25) is 0 Å². The van der Waals surface area contributed by atoms with Crippen molar-refractivity contribution in [2.75, 3.05) is 13.1 Å². The Balaban J connectivity index is 1.98. The molecule has 0 radical (unpaired) electrons. The summed E-state index contributed by atoms with van der Waals surface area (Å²) in [6, 6.07) is 0. The van der Waals surface area contributed by atoms with Gasteiger partial charge in [0.25, 0.3) is 0 Å². The number of carboxylic acids is 1. The van der Waals surface area contributed by atoms with E-state index in [1.54, 1.807) is 0 Å². The molecule has 15 heavy (non-hydrogen) atoms. The first kappa shape index (κ1) is 12.2. The number of aliphatic hydroxyl groups is 1. The topological polar surface area (TPSA) is 69.6 Å². The zero-order chi connectivity index (χ0) is 11.1. The lowest BCUT2D eigenvalue weighted by molar-refractivity contribution is -0.139. The van der Waals surface area contributed by atoms with Crippen molar-refractivity contribution >= 4 is 5.97 Å². The van der Waals surface area contributed by atoms with Crippen LogP contribution in [0, 0.1) is 0 Å². The van der Waals surface area contributed by atoms with Crippen molar-refractivity contribution in [1.29, 1.82) is 0 Å². The predicted octanol–water partition coefficient (Wildman–Crippen LogP) is 0.912.